The second-order valence-corrected chi connectivity index (χ2v) is 11.3. The fourth-order valence-corrected chi connectivity index (χ4v) is 6.55. The zero-order valence-corrected chi connectivity index (χ0v) is 19.7. The number of piperidine rings is 2. The third kappa shape index (κ3) is 6.18. The fraction of sp³-hybridized carbons (Fsp3) is 1.00. The number of hydrogen-bond acceptors (Lipinski definition) is 4. The molecule has 3 aliphatic heterocycles. The maximum Gasteiger partial charge on any atom is 0.0121 e. The lowest BCUT2D eigenvalue weighted by Gasteiger charge is -2.43. The first-order valence-electron chi connectivity index (χ1n) is 13.0. The molecule has 0 atom stereocenters. The van der Waals surface area contributed by atoms with Crippen LogP contribution in [-0.4, -0.2) is 97.6 Å². The van der Waals surface area contributed by atoms with E-state index < -0.39 is 0 Å². The third-order valence-corrected chi connectivity index (χ3v) is 8.51. The van der Waals surface area contributed by atoms with Gasteiger partial charge in [-0.3, -0.25) is 4.90 Å². The van der Waals surface area contributed by atoms with Crippen LogP contribution < -0.4 is 0 Å². The van der Waals surface area contributed by atoms with Gasteiger partial charge in [0.05, 0.1) is 0 Å². The summed E-state index contributed by atoms with van der Waals surface area (Å²) in [5.74, 6) is 1.82. The maximum atomic E-state index is 2.81. The molecule has 0 spiro atoms. The molecule has 0 aromatic rings. The van der Waals surface area contributed by atoms with Gasteiger partial charge in [0.25, 0.3) is 0 Å². The van der Waals surface area contributed by atoms with Crippen molar-refractivity contribution in [2.75, 3.05) is 72.0 Å². The largest absolute Gasteiger partial charge is 0.303 e. The Bertz CT molecular complexity index is 479. The highest BCUT2D eigenvalue weighted by atomic mass is 15.3. The van der Waals surface area contributed by atoms with Gasteiger partial charge in [-0.1, -0.05) is 20.8 Å². The second-order valence-electron chi connectivity index (χ2n) is 11.3. The van der Waals surface area contributed by atoms with E-state index in [-0.39, 0.29) is 0 Å². The zero-order chi connectivity index (χ0) is 20.3. The molecule has 29 heavy (non-hydrogen) atoms. The minimum atomic E-state index is 0.714. The summed E-state index contributed by atoms with van der Waals surface area (Å²) in [6.07, 6.45) is 10.1. The van der Waals surface area contributed by atoms with Crippen LogP contribution in [0.2, 0.25) is 0 Å². The lowest BCUT2D eigenvalue weighted by molar-refractivity contribution is 0.0512. The summed E-state index contributed by atoms with van der Waals surface area (Å²) in [7, 11) is 0. The van der Waals surface area contributed by atoms with Gasteiger partial charge in [0.15, 0.2) is 0 Å². The summed E-state index contributed by atoms with van der Waals surface area (Å²) in [5, 5.41) is 0. The molecule has 4 heteroatoms. The predicted octanol–water partition coefficient (Wildman–Crippen LogP) is 3.63. The van der Waals surface area contributed by atoms with Crippen molar-refractivity contribution < 1.29 is 0 Å². The Balaban J connectivity index is 1.12. The van der Waals surface area contributed by atoms with Gasteiger partial charge in [0.2, 0.25) is 0 Å². The summed E-state index contributed by atoms with van der Waals surface area (Å²) >= 11 is 0. The molecular formula is C25H48N4. The minimum Gasteiger partial charge on any atom is -0.303 e. The van der Waals surface area contributed by atoms with Gasteiger partial charge in [-0.05, 0) is 94.9 Å². The van der Waals surface area contributed by atoms with Crippen molar-refractivity contribution in [2.24, 2.45) is 17.3 Å². The fourth-order valence-electron chi connectivity index (χ4n) is 6.55. The van der Waals surface area contributed by atoms with Gasteiger partial charge in [0.1, 0.15) is 0 Å². The number of likely N-dealkylation sites (tertiary alicyclic amines) is 2. The number of likely N-dealkylation sites (N-methyl/N-ethyl adjacent to an activating group) is 1. The first-order chi connectivity index (χ1) is 14.0. The van der Waals surface area contributed by atoms with Gasteiger partial charge in [-0.15, -0.1) is 0 Å². The van der Waals surface area contributed by atoms with Crippen LogP contribution in [0.4, 0.5) is 0 Å². The van der Waals surface area contributed by atoms with Gasteiger partial charge >= 0.3 is 0 Å². The van der Waals surface area contributed by atoms with Gasteiger partial charge in [-0.2, -0.15) is 0 Å². The molecule has 4 nitrogen and oxygen atoms in total. The number of rotatable bonds is 8. The van der Waals surface area contributed by atoms with Crippen molar-refractivity contribution in [3.05, 3.63) is 0 Å². The molecule has 0 unspecified atom stereocenters. The van der Waals surface area contributed by atoms with E-state index in [0.717, 1.165) is 17.9 Å². The van der Waals surface area contributed by atoms with Crippen LogP contribution in [0.15, 0.2) is 0 Å². The smallest absolute Gasteiger partial charge is 0.0121 e. The van der Waals surface area contributed by atoms with Crippen LogP contribution in [0.5, 0.6) is 0 Å². The summed E-state index contributed by atoms with van der Waals surface area (Å²) < 4.78 is 0. The summed E-state index contributed by atoms with van der Waals surface area (Å²) in [6, 6.07) is 0.864. The van der Waals surface area contributed by atoms with Gasteiger partial charge < -0.3 is 14.7 Å². The molecule has 3 saturated heterocycles. The van der Waals surface area contributed by atoms with Crippen LogP contribution >= 0.6 is 0 Å². The molecule has 4 fully saturated rings. The number of hydrogen-bond donors (Lipinski definition) is 0. The normalized spacial score (nSPS) is 29.0. The molecule has 0 aromatic heterocycles. The standard InChI is InChI=1S/C25H48N4/c1-4-26-15-17-29(18-16-26)24-7-13-27(14-8-24)20-23-5-11-28(12-6-23)21-25(9-10-25)19-22(2)3/h22-24H,4-21H2,1-3H3. The Morgan fingerprint density at radius 1 is 0.759 bits per heavy atom. The Morgan fingerprint density at radius 2 is 1.38 bits per heavy atom. The van der Waals surface area contributed by atoms with E-state index in [1.165, 1.54) is 117 Å². The maximum absolute atomic E-state index is 2.81. The molecule has 0 amide bonds. The lowest BCUT2D eigenvalue weighted by atomic mass is 9.90. The summed E-state index contributed by atoms with van der Waals surface area (Å²) in [5.41, 5.74) is 0.714. The Morgan fingerprint density at radius 3 is 1.93 bits per heavy atom. The molecule has 168 valence electrons. The quantitative estimate of drug-likeness (QED) is 0.612. The summed E-state index contributed by atoms with van der Waals surface area (Å²) in [6.45, 7) is 21.7. The van der Waals surface area contributed by atoms with E-state index in [1.807, 2.05) is 0 Å². The molecule has 1 aliphatic carbocycles. The molecule has 1 saturated carbocycles. The Hall–Kier alpha value is -0.160. The molecule has 4 rings (SSSR count). The molecule has 0 N–H and O–H groups in total. The van der Waals surface area contributed by atoms with Crippen molar-refractivity contribution in [3.63, 3.8) is 0 Å². The van der Waals surface area contributed by atoms with E-state index >= 15 is 0 Å². The van der Waals surface area contributed by atoms with Crippen LogP contribution in [0.1, 0.15) is 65.7 Å². The molecule has 0 aromatic carbocycles. The average Bonchev–Trinajstić information content (AvgIpc) is 3.48. The van der Waals surface area contributed by atoms with E-state index in [0.29, 0.717) is 5.41 Å². The predicted molar refractivity (Wildman–Crippen MR) is 123 cm³/mol. The molecule has 4 aliphatic rings. The second kappa shape index (κ2) is 9.97. The van der Waals surface area contributed by atoms with Crippen LogP contribution in [-0.2, 0) is 0 Å². The molecule has 0 bridgehead atoms. The van der Waals surface area contributed by atoms with Crippen molar-refractivity contribution in [1.82, 2.24) is 19.6 Å². The minimum absolute atomic E-state index is 0.714. The third-order valence-electron chi connectivity index (χ3n) is 8.51. The van der Waals surface area contributed by atoms with E-state index in [1.54, 1.807) is 0 Å². The number of piperazine rings is 1. The van der Waals surface area contributed by atoms with E-state index in [2.05, 4.69) is 40.4 Å². The van der Waals surface area contributed by atoms with E-state index in [4.69, 9.17) is 0 Å². The van der Waals surface area contributed by atoms with E-state index in [9.17, 15) is 0 Å². The zero-order valence-electron chi connectivity index (χ0n) is 19.7. The highest BCUT2D eigenvalue weighted by molar-refractivity contribution is 4.96. The molecule has 3 heterocycles. The highest BCUT2D eigenvalue weighted by Gasteiger charge is 2.44. The van der Waals surface area contributed by atoms with Crippen molar-refractivity contribution in [3.8, 4) is 0 Å². The summed E-state index contributed by atoms with van der Waals surface area (Å²) in [4.78, 5) is 11.0. The van der Waals surface area contributed by atoms with Crippen LogP contribution in [0.3, 0.4) is 0 Å². The van der Waals surface area contributed by atoms with Crippen molar-refractivity contribution in [1.29, 1.82) is 0 Å². The topological polar surface area (TPSA) is 13.0 Å². The van der Waals surface area contributed by atoms with Crippen molar-refractivity contribution in [2.45, 2.75) is 71.8 Å². The first kappa shape index (κ1) is 22.0. The van der Waals surface area contributed by atoms with Crippen LogP contribution in [0, 0.1) is 17.3 Å². The van der Waals surface area contributed by atoms with Gasteiger partial charge in [-0.25, -0.2) is 0 Å². The highest BCUT2D eigenvalue weighted by Crippen LogP contribution is 2.51. The van der Waals surface area contributed by atoms with Gasteiger partial charge in [0, 0.05) is 45.3 Å². The molecule has 0 radical (unpaired) electrons. The van der Waals surface area contributed by atoms with Crippen LogP contribution in [0.25, 0.3) is 0 Å². The Kier molecular flexibility index (Phi) is 7.58. The monoisotopic (exact) mass is 404 g/mol. The average molecular weight is 405 g/mol. The number of nitrogens with zero attached hydrogens (tertiary/aromatic N) is 4. The SMILES string of the molecule is CCN1CCN(C2CCN(CC3CCN(CC4(CC(C)C)CC4)CC3)CC2)CC1. The first-order valence-corrected chi connectivity index (χ1v) is 13.0. The molecular weight excluding hydrogens is 356 g/mol. The lowest BCUT2D eigenvalue weighted by Crippen LogP contribution is -2.53. The van der Waals surface area contributed by atoms with Crippen molar-refractivity contribution >= 4 is 0 Å². The Labute approximate surface area is 181 Å².